The Labute approximate surface area is 166 Å². The summed E-state index contributed by atoms with van der Waals surface area (Å²) in [6.45, 7) is 1.68. The van der Waals surface area contributed by atoms with Gasteiger partial charge >= 0.3 is 5.69 Å². The van der Waals surface area contributed by atoms with Gasteiger partial charge in [-0.1, -0.05) is 24.6 Å². The first-order chi connectivity index (χ1) is 13.0. The molecule has 1 N–H and O–H groups in total. The van der Waals surface area contributed by atoms with E-state index < -0.39 is 0 Å². The number of amides is 1. The van der Waals surface area contributed by atoms with Crippen molar-refractivity contribution in [3.05, 3.63) is 21.7 Å². The van der Waals surface area contributed by atoms with E-state index in [4.69, 9.17) is 0 Å². The second-order valence-corrected chi connectivity index (χ2v) is 8.94. The second kappa shape index (κ2) is 9.73. The number of hydrogen-bond donors (Lipinski definition) is 1. The summed E-state index contributed by atoms with van der Waals surface area (Å²) >= 11 is 1.43. The van der Waals surface area contributed by atoms with Crippen molar-refractivity contribution in [2.75, 3.05) is 26.4 Å². The summed E-state index contributed by atoms with van der Waals surface area (Å²) in [5.74, 6) is 0.411. The highest BCUT2D eigenvalue weighted by Crippen LogP contribution is 2.28. The summed E-state index contributed by atoms with van der Waals surface area (Å²) in [6.07, 6.45) is 9.69. The number of carbonyl (C=O) groups is 1. The summed E-state index contributed by atoms with van der Waals surface area (Å²) in [4.78, 5) is 31.4. The first-order valence-corrected chi connectivity index (χ1v) is 11.2. The van der Waals surface area contributed by atoms with Gasteiger partial charge in [0.15, 0.2) is 0 Å². The molecule has 0 bridgehead atoms. The minimum Gasteiger partial charge on any atom is -0.353 e. The monoisotopic (exact) mass is 392 g/mol. The van der Waals surface area contributed by atoms with E-state index in [2.05, 4.69) is 15.2 Å². The normalized spacial score (nSPS) is 17.3. The molecule has 150 valence electrons. The average molecular weight is 393 g/mol. The van der Waals surface area contributed by atoms with Crippen LogP contribution in [0.5, 0.6) is 0 Å². The summed E-state index contributed by atoms with van der Waals surface area (Å²) in [7, 11) is 4.10. The molecule has 0 saturated heterocycles. The zero-order valence-corrected chi connectivity index (χ0v) is 17.4. The smallest absolute Gasteiger partial charge is 0.348 e. The number of hydrogen-bond acceptors (Lipinski definition) is 5. The third-order valence-corrected chi connectivity index (χ3v) is 6.52. The molecule has 2 aliphatic carbocycles. The molecule has 6 nitrogen and oxygen atoms in total. The molecule has 0 unspecified atom stereocenters. The summed E-state index contributed by atoms with van der Waals surface area (Å²) in [5.41, 5.74) is 2.19. The lowest BCUT2D eigenvalue weighted by atomic mass is 9.97. The summed E-state index contributed by atoms with van der Waals surface area (Å²) < 4.78 is 1.88. The van der Waals surface area contributed by atoms with E-state index in [1.807, 2.05) is 18.7 Å². The summed E-state index contributed by atoms with van der Waals surface area (Å²) in [5, 5.41) is 3.90. The van der Waals surface area contributed by atoms with Crippen molar-refractivity contribution < 1.29 is 4.79 Å². The lowest BCUT2D eigenvalue weighted by molar-refractivity contribution is -0.119. The van der Waals surface area contributed by atoms with Crippen LogP contribution in [0.2, 0.25) is 0 Å². The van der Waals surface area contributed by atoms with Gasteiger partial charge in [0.25, 0.3) is 0 Å². The van der Waals surface area contributed by atoms with Crippen LogP contribution in [-0.2, 0) is 24.2 Å². The molecule has 27 heavy (non-hydrogen) atoms. The predicted molar refractivity (Wildman–Crippen MR) is 109 cm³/mol. The van der Waals surface area contributed by atoms with Gasteiger partial charge in [0.05, 0.1) is 5.75 Å². The van der Waals surface area contributed by atoms with Gasteiger partial charge in [0.2, 0.25) is 5.91 Å². The van der Waals surface area contributed by atoms with Gasteiger partial charge in [-0.25, -0.2) is 4.79 Å². The van der Waals surface area contributed by atoms with Gasteiger partial charge in [-0.3, -0.25) is 9.36 Å². The first-order valence-electron chi connectivity index (χ1n) is 10.2. The van der Waals surface area contributed by atoms with Crippen LogP contribution in [0, 0.1) is 0 Å². The van der Waals surface area contributed by atoms with Crippen LogP contribution in [0.4, 0.5) is 0 Å². The molecule has 1 amide bonds. The summed E-state index contributed by atoms with van der Waals surface area (Å²) in [6, 6.07) is 0.338. The molecule has 2 aliphatic rings. The van der Waals surface area contributed by atoms with Crippen molar-refractivity contribution in [2.45, 2.75) is 75.4 Å². The number of aromatic nitrogens is 2. The molecule has 1 aromatic heterocycles. The lowest BCUT2D eigenvalue weighted by Crippen LogP contribution is -2.34. The van der Waals surface area contributed by atoms with E-state index in [0.29, 0.717) is 11.8 Å². The fourth-order valence-electron chi connectivity index (χ4n) is 4.12. The van der Waals surface area contributed by atoms with E-state index in [1.165, 1.54) is 30.2 Å². The van der Waals surface area contributed by atoms with Crippen LogP contribution >= 0.6 is 11.8 Å². The van der Waals surface area contributed by atoms with Crippen LogP contribution in [0.15, 0.2) is 9.82 Å². The molecule has 0 aromatic carbocycles. The topological polar surface area (TPSA) is 67.2 Å². The number of nitrogens with one attached hydrogen (secondary N) is 1. The predicted octanol–water partition coefficient (Wildman–Crippen LogP) is 2.22. The van der Waals surface area contributed by atoms with Crippen molar-refractivity contribution in [1.29, 1.82) is 0 Å². The van der Waals surface area contributed by atoms with Crippen molar-refractivity contribution in [3.8, 4) is 0 Å². The molecular weight excluding hydrogens is 360 g/mol. The van der Waals surface area contributed by atoms with Crippen LogP contribution in [0.3, 0.4) is 0 Å². The maximum atomic E-state index is 12.6. The molecule has 0 aliphatic heterocycles. The van der Waals surface area contributed by atoms with Gasteiger partial charge in [0, 0.05) is 23.8 Å². The quantitative estimate of drug-likeness (QED) is 0.543. The largest absolute Gasteiger partial charge is 0.353 e. The molecule has 0 radical (unpaired) electrons. The number of thioether (sulfide) groups is 1. The molecule has 1 aromatic rings. The van der Waals surface area contributed by atoms with E-state index in [1.54, 1.807) is 0 Å². The first kappa shape index (κ1) is 20.4. The van der Waals surface area contributed by atoms with Gasteiger partial charge in [-0.2, -0.15) is 4.98 Å². The number of carbonyl (C=O) groups excluding carboxylic acids is 1. The Balaban J connectivity index is 1.68. The van der Waals surface area contributed by atoms with E-state index in [-0.39, 0.29) is 11.6 Å². The molecule has 0 spiro atoms. The SMILES string of the molecule is CN(C)CCCn1c2c(c(SCC(=O)NC3CCCC3)nc1=O)CCCC2. The molecule has 3 rings (SSSR count). The van der Waals surface area contributed by atoms with Crippen molar-refractivity contribution >= 4 is 17.7 Å². The number of fused-ring (bicyclic) bond motifs is 1. The van der Waals surface area contributed by atoms with Gasteiger partial charge in [0.1, 0.15) is 5.03 Å². The Hall–Kier alpha value is -1.34. The van der Waals surface area contributed by atoms with Gasteiger partial charge in [-0.05, 0) is 65.6 Å². The Bertz CT molecular complexity index is 711. The Morgan fingerprint density at radius 3 is 2.70 bits per heavy atom. The fraction of sp³-hybridized carbons (Fsp3) is 0.750. The molecule has 0 atom stereocenters. The third-order valence-electron chi connectivity index (χ3n) is 5.50. The Morgan fingerprint density at radius 2 is 1.96 bits per heavy atom. The molecule has 1 fully saturated rings. The van der Waals surface area contributed by atoms with Gasteiger partial charge < -0.3 is 10.2 Å². The second-order valence-electron chi connectivity index (χ2n) is 7.98. The highest BCUT2D eigenvalue weighted by molar-refractivity contribution is 7.99. The maximum Gasteiger partial charge on any atom is 0.348 e. The standard InChI is InChI=1S/C20H32N4O2S/c1-23(2)12-7-13-24-17-11-6-5-10-16(17)19(22-20(24)26)27-14-18(25)21-15-8-3-4-9-15/h15H,3-14H2,1-2H3,(H,21,25). The number of rotatable bonds is 8. The van der Waals surface area contributed by atoms with Crippen LogP contribution in [-0.4, -0.2) is 52.8 Å². The van der Waals surface area contributed by atoms with Crippen molar-refractivity contribution in [1.82, 2.24) is 19.8 Å². The zero-order valence-electron chi connectivity index (χ0n) is 16.6. The fourth-order valence-corrected chi connectivity index (χ4v) is 5.00. The maximum absolute atomic E-state index is 12.6. The minimum absolute atomic E-state index is 0.0634. The van der Waals surface area contributed by atoms with E-state index >= 15 is 0 Å². The molecular formula is C20H32N4O2S. The minimum atomic E-state index is -0.159. The highest BCUT2D eigenvalue weighted by Gasteiger charge is 2.22. The van der Waals surface area contributed by atoms with Crippen LogP contribution < -0.4 is 11.0 Å². The average Bonchev–Trinajstić information content (AvgIpc) is 3.14. The lowest BCUT2D eigenvalue weighted by Gasteiger charge is -2.23. The van der Waals surface area contributed by atoms with Crippen LogP contribution in [0.1, 0.15) is 56.2 Å². The Kier molecular flexibility index (Phi) is 7.35. The van der Waals surface area contributed by atoms with Crippen LogP contribution in [0.25, 0.3) is 0 Å². The molecule has 1 saturated carbocycles. The molecule has 1 heterocycles. The highest BCUT2D eigenvalue weighted by atomic mass is 32.2. The van der Waals surface area contributed by atoms with E-state index in [0.717, 1.165) is 68.8 Å². The van der Waals surface area contributed by atoms with Crippen molar-refractivity contribution in [3.63, 3.8) is 0 Å². The van der Waals surface area contributed by atoms with Gasteiger partial charge in [-0.15, -0.1) is 0 Å². The third kappa shape index (κ3) is 5.57. The number of nitrogens with zero attached hydrogens (tertiary/aromatic N) is 3. The Morgan fingerprint density at radius 1 is 1.22 bits per heavy atom. The van der Waals surface area contributed by atoms with Crippen molar-refractivity contribution in [2.24, 2.45) is 0 Å². The van der Waals surface area contributed by atoms with E-state index in [9.17, 15) is 9.59 Å². The zero-order chi connectivity index (χ0) is 19.2. The molecule has 7 heteroatoms.